The minimum absolute atomic E-state index is 0.0663. The fraction of sp³-hybridized carbons (Fsp3) is 0.435. The number of aryl methyl sites for hydroxylation is 2. The van der Waals surface area contributed by atoms with E-state index in [1.165, 1.54) is 24.0 Å². The topological polar surface area (TPSA) is 29.5 Å². The van der Waals surface area contributed by atoms with Crippen LogP contribution in [-0.2, 0) is 24.2 Å². The Kier molecular flexibility index (Phi) is 6.32. The molecule has 1 atom stereocenters. The quantitative estimate of drug-likeness (QED) is 0.719. The maximum Gasteiger partial charge on any atom is 0.263 e. The first-order valence-corrected chi connectivity index (χ1v) is 9.82. The van der Waals surface area contributed by atoms with Crippen molar-refractivity contribution in [3.63, 3.8) is 0 Å². The number of benzene rings is 2. The molecule has 0 spiro atoms. The Morgan fingerprint density at radius 2 is 1.77 bits per heavy atom. The van der Waals surface area contributed by atoms with Crippen LogP contribution in [0.15, 0.2) is 48.5 Å². The molecule has 26 heavy (non-hydrogen) atoms. The summed E-state index contributed by atoms with van der Waals surface area (Å²) in [4.78, 5) is 14.9. The lowest BCUT2D eigenvalue weighted by molar-refractivity contribution is -0.139. The molecule has 1 aliphatic carbocycles. The van der Waals surface area contributed by atoms with Crippen molar-refractivity contribution in [1.82, 2.24) is 4.90 Å². The third kappa shape index (κ3) is 4.46. The number of nitrogens with zero attached hydrogens (tertiary/aromatic N) is 1. The van der Waals surface area contributed by atoms with Gasteiger partial charge in [-0.2, -0.15) is 0 Å². The van der Waals surface area contributed by atoms with Gasteiger partial charge in [-0.3, -0.25) is 4.79 Å². The SMILES string of the molecule is CC[C@@H](Oc1ccc2c(c1)CCCC2)C(=O)N(CC)Cc1ccccc1. The Morgan fingerprint density at radius 1 is 1.04 bits per heavy atom. The third-order valence-electron chi connectivity index (χ3n) is 5.15. The van der Waals surface area contributed by atoms with E-state index in [0.29, 0.717) is 19.5 Å². The van der Waals surface area contributed by atoms with Gasteiger partial charge >= 0.3 is 0 Å². The molecule has 138 valence electrons. The van der Waals surface area contributed by atoms with Gasteiger partial charge in [0.2, 0.25) is 0 Å². The summed E-state index contributed by atoms with van der Waals surface area (Å²) >= 11 is 0. The molecule has 0 aliphatic heterocycles. The maximum absolute atomic E-state index is 13.0. The number of ether oxygens (including phenoxy) is 1. The molecule has 0 N–H and O–H groups in total. The van der Waals surface area contributed by atoms with Crippen LogP contribution in [0.25, 0.3) is 0 Å². The van der Waals surface area contributed by atoms with Gasteiger partial charge in [0.05, 0.1) is 0 Å². The number of carbonyl (C=O) groups excluding carboxylic acids is 1. The summed E-state index contributed by atoms with van der Waals surface area (Å²) in [5, 5.41) is 0. The number of rotatable bonds is 7. The predicted octanol–water partition coefficient (Wildman–Crippen LogP) is 4.77. The van der Waals surface area contributed by atoms with E-state index in [1.807, 2.05) is 43.0 Å². The van der Waals surface area contributed by atoms with Gasteiger partial charge < -0.3 is 9.64 Å². The van der Waals surface area contributed by atoms with Gasteiger partial charge in [-0.25, -0.2) is 0 Å². The van der Waals surface area contributed by atoms with Gasteiger partial charge in [-0.15, -0.1) is 0 Å². The lowest BCUT2D eigenvalue weighted by Gasteiger charge is -2.27. The lowest BCUT2D eigenvalue weighted by atomic mass is 9.92. The standard InChI is InChI=1S/C23H29NO2/c1-3-22(23(25)24(4-2)17-18-10-6-5-7-11-18)26-21-15-14-19-12-8-9-13-20(19)16-21/h5-7,10-11,14-16,22H,3-4,8-9,12-13,17H2,1-2H3/t22-/m1/s1. The number of hydrogen-bond acceptors (Lipinski definition) is 2. The maximum atomic E-state index is 13.0. The van der Waals surface area contributed by atoms with Gasteiger partial charge in [0.15, 0.2) is 6.10 Å². The van der Waals surface area contributed by atoms with E-state index < -0.39 is 6.10 Å². The summed E-state index contributed by atoms with van der Waals surface area (Å²) in [7, 11) is 0. The average molecular weight is 351 g/mol. The fourth-order valence-corrected chi connectivity index (χ4v) is 3.61. The first kappa shape index (κ1) is 18.5. The predicted molar refractivity (Wildman–Crippen MR) is 105 cm³/mol. The van der Waals surface area contributed by atoms with E-state index in [9.17, 15) is 4.79 Å². The monoisotopic (exact) mass is 351 g/mol. The van der Waals surface area contributed by atoms with Crippen LogP contribution < -0.4 is 4.74 Å². The van der Waals surface area contributed by atoms with Crippen LogP contribution in [0.2, 0.25) is 0 Å². The van der Waals surface area contributed by atoms with Crippen molar-refractivity contribution < 1.29 is 9.53 Å². The van der Waals surface area contributed by atoms with Crippen LogP contribution in [-0.4, -0.2) is 23.5 Å². The van der Waals surface area contributed by atoms with E-state index in [0.717, 1.165) is 24.2 Å². The highest BCUT2D eigenvalue weighted by Crippen LogP contribution is 2.26. The number of carbonyl (C=O) groups is 1. The summed E-state index contributed by atoms with van der Waals surface area (Å²) in [5.41, 5.74) is 3.96. The first-order chi connectivity index (χ1) is 12.7. The highest BCUT2D eigenvalue weighted by molar-refractivity contribution is 5.81. The largest absolute Gasteiger partial charge is 0.481 e. The molecular formula is C23H29NO2. The Balaban J connectivity index is 1.69. The minimum Gasteiger partial charge on any atom is -0.481 e. The van der Waals surface area contributed by atoms with Crippen molar-refractivity contribution in [1.29, 1.82) is 0 Å². The smallest absolute Gasteiger partial charge is 0.263 e. The molecule has 3 rings (SSSR count). The van der Waals surface area contributed by atoms with E-state index >= 15 is 0 Å². The van der Waals surface area contributed by atoms with E-state index in [2.05, 4.69) is 24.3 Å². The van der Waals surface area contributed by atoms with Crippen LogP contribution in [0, 0.1) is 0 Å². The average Bonchev–Trinajstić information content (AvgIpc) is 2.70. The Hall–Kier alpha value is -2.29. The zero-order valence-corrected chi connectivity index (χ0v) is 15.9. The Morgan fingerprint density at radius 3 is 2.46 bits per heavy atom. The molecule has 3 nitrogen and oxygen atoms in total. The molecule has 0 fully saturated rings. The molecule has 3 heteroatoms. The zero-order chi connectivity index (χ0) is 18.4. The lowest BCUT2D eigenvalue weighted by Crippen LogP contribution is -2.41. The Bertz CT molecular complexity index is 726. The molecule has 0 unspecified atom stereocenters. The van der Waals surface area contributed by atoms with Gasteiger partial charge in [0.25, 0.3) is 5.91 Å². The van der Waals surface area contributed by atoms with Crippen LogP contribution in [0.3, 0.4) is 0 Å². The van der Waals surface area contributed by atoms with Crippen molar-refractivity contribution in [2.24, 2.45) is 0 Å². The van der Waals surface area contributed by atoms with Crippen molar-refractivity contribution in [2.75, 3.05) is 6.54 Å². The second kappa shape index (κ2) is 8.88. The van der Waals surface area contributed by atoms with E-state index in [1.54, 1.807) is 0 Å². The molecule has 2 aromatic rings. The number of hydrogen-bond donors (Lipinski definition) is 0. The molecule has 0 aromatic heterocycles. The van der Waals surface area contributed by atoms with Crippen molar-refractivity contribution in [3.8, 4) is 5.75 Å². The molecule has 1 aliphatic rings. The fourth-order valence-electron chi connectivity index (χ4n) is 3.61. The van der Waals surface area contributed by atoms with Crippen LogP contribution in [0.4, 0.5) is 0 Å². The molecule has 0 heterocycles. The molecule has 0 saturated carbocycles. The zero-order valence-electron chi connectivity index (χ0n) is 15.9. The molecule has 2 aromatic carbocycles. The van der Waals surface area contributed by atoms with Gasteiger partial charge in [-0.05, 0) is 67.9 Å². The minimum atomic E-state index is -0.430. The molecule has 0 bridgehead atoms. The van der Waals surface area contributed by atoms with E-state index in [4.69, 9.17) is 4.74 Å². The van der Waals surface area contributed by atoms with Crippen LogP contribution in [0.5, 0.6) is 5.75 Å². The number of amides is 1. The Labute approximate surface area is 157 Å². The summed E-state index contributed by atoms with van der Waals surface area (Å²) < 4.78 is 6.12. The number of fused-ring (bicyclic) bond motifs is 1. The second-order valence-electron chi connectivity index (χ2n) is 6.99. The summed E-state index contributed by atoms with van der Waals surface area (Å²) in [5.74, 6) is 0.887. The summed E-state index contributed by atoms with van der Waals surface area (Å²) in [6.45, 7) is 5.34. The highest BCUT2D eigenvalue weighted by Gasteiger charge is 2.24. The van der Waals surface area contributed by atoms with Gasteiger partial charge in [0.1, 0.15) is 5.75 Å². The molecular weight excluding hydrogens is 322 g/mol. The van der Waals surface area contributed by atoms with E-state index in [-0.39, 0.29) is 5.91 Å². The van der Waals surface area contributed by atoms with Crippen molar-refractivity contribution in [3.05, 3.63) is 65.2 Å². The number of likely N-dealkylation sites (N-methyl/N-ethyl adjacent to an activating group) is 1. The highest BCUT2D eigenvalue weighted by atomic mass is 16.5. The van der Waals surface area contributed by atoms with Crippen molar-refractivity contribution in [2.45, 2.75) is 58.6 Å². The normalized spacial score (nSPS) is 14.4. The molecule has 1 amide bonds. The molecule has 0 radical (unpaired) electrons. The van der Waals surface area contributed by atoms with Crippen molar-refractivity contribution >= 4 is 5.91 Å². The first-order valence-electron chi connectivity index (χ1n) is 9.82. The van der Waals surface area contributed by atoms with Crippen LogP contribution >= 0.6 is 0 Å². The van der Waals surface area contributed by atoms with Crippen LogP contribution in [0.1, 0.15) is 49.8 Å². The van der Waals surface area contributed by atoms with Gasteiger partial charge in [-0.1, -0.05) is 43.3 Å². The summed E-state index contributed by atoms with van der Waals surface area (Å²) in [6, 6.07) is 16.5. The summed E-state index contributed by atoms with van der Waals surface area (Å²) in [6.07, 6.45) is 5.03. The third-order valence-corrected chi connectivity index (χ3v) is 5.15. The second-order valence-corrected chi connectivity index (χ2v) is 6.99. The molecule has 0 saturated heterocycles. The van der Waals surface area contributed by atoms with Gasteiger partial charge in [0, 0.05) is 13.1 Å².